The third-order valence-electron chi connectivity index (χ3n) is 4.86. The van der Waals surface area contributed by atoms with Crippen LogP contribution in [0.1, 0.15) is 23.2 Å². The molecule has 0 aliphatic heterocycles. The predicted octanol–water partition coefficient (Wildman–Crippen LogP) is 5.46. The molecule has 0 heterocycles. The molecule has 192 valence electrons. The lowest BCUT2D eigenvalue weighted by atomic mass is 10.1. The third kappa shape index (κ3) is 6.42. The smallest absolute Gasteiger partial charge is 0.326 e. The molecule has 15 heteroatoms. The molecule has 1 atom stereocenters. The fraction of sp³-hybridized carbons (Fsp3) is 0.238. The van der Waals surface area contributed by atoms with Crippen LogP contribution in [0.4, 0.5) is 39.0 Å². The largest absolute Gasteiger partial charge is 0.450 e. The van der Waals surface area contributed by atoms with Gasteiger partial charge >= 0.3 is 6.18 Å². The van der Waals surface area contributed by atoms with Gasteiger partial charge in [-0.05, 0) is 36.8 Å². The molecule has 3 amide bonds. The summed E-state index contributed by atoms with van der Waals surface area (Å²) in [5.41, 5.74) is -1.96. The number of hydrogen-bond acceptors (Lipinski definition) is 4. The van der Waals surface area contributed by atoms with Gasteiger partial charge in [-0.15, -0.1) is 23.2 Å². The van der Waals surface area contributed by atoms with Crippen LogP contribution in [0.5, 0.6) is 0 Å². The zero-order valence-electron chi connectivity index (χ0n) is 17.5. The molecule has 0 bridgehead atoms. The molecular weight excluding hydrogens is 560 g/mol. The Labute approximate surface area is 214 Å². The van der Waals surface area contributed by atoms with Gasteiger partial charge in [0.05, 0.1) is 28.6 Å². The number of carbonyl (C=O) groups excluding carboxylic acids is 4. The van der Waals surface area contributed by atoms with Gasteiger partial charge < -0.3 is 16.0 Å². The molecule has 0 radical (unpaired) electrons. The summed E-state index contributed by atoms with van der Waals surface area (Å²) in [6.45, 7) is 0. The van der Waals surface area contributed by atoms with Crippen molar-refractivity contribution in [1.82, 2.24) is 0 Å². The normalized spacial score (nSPS) is 16.2. The van der Waals surface area contributed by atoms with Gasteiger partial charge in [0.1, 0.15) is 15.8 Å². The monoisotopic (exact) mass is 571 g/mol. The van der Waals surface area contributed by atoms with Crippen molar-refractivity contribution in [3.05, 3.63) is 52.6 Å². The summed E-state index contributed by atoms with van der Waals surface area (Å²) in [5, 5.41) is 6.02. The topological polar surface area (TPSA) is 104 Å². The number of ketones is 1. The number of alkyl halides is 5. The first-order valence-corrected chi connectivity index (χ1v) is 10.9. The highest BCUT2D eigenvalue weighted by Gasteiger charge is 2.56. The Bertz CT molecular complexity index is 1270. The first-order valence-electron chi connectivity index (χ1n) is 9.77. The number of benzene rings is 2. The van der Waals surface area contributed by atoms with Crippen LogP contribution < -0.4 is 16.0 Å². The summed E-state index contributed by atoms with van der Waals surface area (Å²) in [7, 11) is 0. The summed E-state index contributed by atoms with van der Waals surface area (Å²) in [6, 6.07) is 5.20. The number of amides is 3. The molecule has 1 aliphatic carbocycles. The second-order valence-electron chi connectivity index (χ2n) is 7.59. The summed E-state index contributed by atoms with van der Waals surface area (Å²) in [5.74, 6) is -9.15. The van der Waals surface area contributed by atoms with E-state index in [-0.39, 0.29) is 22.7 Å². The molecule has 3 rings (SSSR count). The van der Waals surface area contributed by atoms with Crippen LogP contribution in [0.15, 0.2) is 30.3 Å². The van der Waals surface area contributed by atoms with Crippen LogP contribution >= 0.6 is 34.8 Å². The van der Waals surface area contributed by atoms with Gasteiger partial charge in [-0.3, -0.25) is 19.2 Å². The lowest BCUT2D eigenvalue weighted by Gasteiger charge is -2.13. The fourth-order valence-electron chi connectivity index (χ4n) is 2.89. The Morgan fingerprint density at radius 2 is 1.64 bits per heavy atom. The molecule has 7 nitrogen and oxygen atoms in total. The van der Waals surface area contributed by atoms with E-state index in [1.54, 1.807) is 5.32 Å². The van der Waals surface area contributed by atoms with Crippen LogP contribution in [-0.4, -0.2) is 34.0 Å². The summed E-state index contributed by atoms with van der Waals surface area (Å²) >= 11 is 17.7. The first-order chi connectivity index (χ1) is 16.6. The number of carbonyl (C=O) groups is 4. The van der Waals surface area contributed by atoms with Crippen LogP contribution in [-0.2, 0) is 14.4 Å². The summed E-state index contributed by atoms with van der Waals surface area (Å²) in [4.78, 5) is 47.4. The average Bonchev–Trinajstić information content (AvgIpc) is 3.42. The number of halogens is 8. The predicted molar refractivity (Wildman–Crippen MR) is 121 cm³/mol. The van der Waals surface area contributed by atoms with E-state index in [2.05, 4.69) is 10.6 Å². The number of rotatable bonds is 7. The molecule has 1 unspecified atom stereocenters. The number of nitrogens with one attached hydrogen (secondary N) is 3. The zero-order valence-corrected chi connectivity index (χ0v) is 19.8. The van der Waals surface area contributed by atoms with Gasteiger partial charge in [-0.25, -0.2) is 8.78 Å². The molecule has 0 aromatic heterocycles. The molecule has 0 saturated heterocycles. The highest BCUT2D eigenvalue weighted by atomic mass is 35.5. The molecule has 1 fully saturated rings. The highest BCUT2D eigenvalue weighted by molar-refractivity contribution is 6.52. The second-order valence-corrected chi connectivity index (χ2v) is 9.54. The SMILES string of the molecule is O=C(CC(=O)C(F)(F)F)Nc1c(F)ccc(NC(=O)c2cc(NC(=O)C3CC3(Cl)Cl)ccc2Cl)c1F. The minimum Gasteiger partial charge on any atom is -0.326 e. The van der Waals surface area contributed by atoms with E-state index in [0.717, 1.165) is 12.1 Å². The van der Waals surface area contributed by atoms with E-state index in [0.29, 0.717) is 6.07 Å². The van der Waals surface area contributed by atoms with E-state index in [4.69, 9.17) is 34.8 Å². The maximum atomic E-state index is 14.8. The Hall–Kier alpha value is -2.96. The molecule has 1 aliphatic rings. The Balaban J connectivity index is 1.76. The highest BCUT2D eigenvalue weighted by Crippen LogP contribution is 2.53. The van der Waals surface area contributed by atoms with Crippen molar-refractivity contribution >= 4 is 75.4 Å². The average molecular weight is 573 g/mol. The van der Waals surface area contributed by atoms with Crippen molar-refractivity contribution in [2.24, 2.45) is 5.92 Å². The Morgan fingerprint density at radius 3 is 2.22 bits per heavy atom. The summed E-state index contributed by atoms with van der Waals surface area (Å²) in [6.07, 6.45) is -6.79. The quantitative estimate of drug-likeness (QED) is 0.233. The first kappa shape index (κ1) is 27.6. The molecule has 36 heavy (non-hydrogen) atoms. The molecule has 3 N–H and O–H groups in total. The van der Waals surface area contributed by atoms with Crippen molar-refractivity contribution in [3.8, 4) is 0 Å². The van der Waals surface area contributed by atoms with Crippen LogP contribution in [0, 0.1) is 17.6 Å². The van der Waals surface area contributed by atoms with Gasteiger partial charge in [-0.2, -0.15) is 13.2 Å². The molecule has 0 spiro atoms. The van der Waals surface area contributed by atoms with E-state index < -0.39 is 69.4 Å². The zero-order chi connectivity index (χ0) is 27.0. The minimum absolute atomic E-state index is 0.109. The fourth-order valence-corrected chi connectivity index (χ4v) is 3.60. The van der Waals surface area contributed by atoms with Gasteiger partial charge in [-0.1, -0.05) is 11.6 Å². The van der Waals surface area contributed by atoms with Crippen molar-refractivity contribution in [1.29, 1.82) is 0 Å². The van der Waals surface area contributed by atoms with Crippen molar-refractivity contribution in [2.75, 3.05) is 16.0 Å². The van der Waals surface area contributed by atoms with Crippen LogP contribution in [0.2, 0.25) is 5.02 Å². The van der Waals surface area contributed by atoms with Crippen LogP contribution in [0.25, 0.3) is 0 Å². The van der Waals surface area contributed by atoms with E-state index in [1.807, 2.05) is 0 Å². The summed E-state index contributed by atoms with van der Waals surface area (Å²) < 4.78 is 64.5. The van der Waals surface area contributed by atoms with Gasteiger partial charge in [0.2, 0.25) is 17.6 Å². The molecular formula is C21H13Cl3F5N3O4. The third-order valence-corrected chi connectivity index (χ3v) is 6.03. The Morgan fingerprint density at radius 1 is 1.00 bits per heavy atom. The number of anilines is 3. The minimum atomic E-state index is -5.31. The van der Waals surface area contributed by atoms with Gasteiger partial charge in [0, 0.05) is 5.69 Å². The maximum absolute atomic E-state index is 14.8. The van der Waals surface area contributed by atoms with Crippen LogP contribution in [0.3, 0.4) is 0 Å². The van der Waals surface area contributed by atoms with Gasteiger partial charge in [0.25, 0.3) is 5.91 Å². The molecule has 2 aromatic carbocycles. The lowest BCUT2D eigenvalue weighted by Crippen LogP contribution is -2.28. The second kappa shape index (κ2) is 10.2. The Kier molecular flexibility index (Phi) is 7.82. The van der Waals surface area contributed by atoms with E-state index in [9.17, 15) is 41.1 Å². The van der Waals surface area contributed by atoms with Crippen molar-refractivity contribution in [3.63, 3.8) is 0 Å². The van der Waals surface area contributed by atoms with E-state index in [1.165, 1.54) is 12.1 Å². The number of hydrogen-bond donors (Lipinski definition) is 3. The maximum Gasteiger partial charge on any atom is 0.450 e. The molecule has 2 aromatic rings. The number of Topliss-reactive ketones (excluding diaryl/α,β-unsaturated/α-hetero) is 1. The van der Waals surface area contributed by atoms with Crippen molar-refractivity contribution < 1.29 is 41.1 Å². The standard InChI is InChI=1S/C21H13Cl3F5N3O4/c22-11-2-1-8(30-19(36)10-7-20(10,23)24)5-9(11)18(35)31-13-4-3-12(25)17(16(13)26)32-15(34)6-14(33)21(27,28)29/h1-5,10H,6-7H2,(H,30,36)(H,31,35)(H,32,34). The lowest BCUT2D eigenvalue weighted by molar-refractivity contribution is -0.171. The van der Waals surface area contributed by atoms with Crippen molar-refractivity contribution in [2.45, 2.75) is 23.4 Å². The van der Waals surface area contributed by atoms with E-state index >= 15 is 0 Å². The van der Waals surface area contributed by atoms with Gasteiger partial charge in [0.15, 0.2) is 5.82 Å². The molecule has 1 saturated carbocycles.